The highest BCUT2D eigenvalue weighted by atomic mass is 16.1. The summed E-state index contributed by atoms with van der Waals surface area (Å²) in [6.07, 6.45) is 5.02. The molecule has 84 valence electrons. The maximum absolute atomic E-state index is 10.6. The molecule has 0 bridgehead atoms. The van der Waals surface area contributed by atoms with Crippen molar-refractivity contribution in [2.45, 2.75) is 25.4 Å². The van der Waals surface area contributed by atoms with Crippen molar-refractivity contribution in [3.05, 3.63) is 25.6 Å². The van der Waals surface area contributed by atoms with E-state index in [1.807, 2.05) is 6.92 Å². The smallest absolute Gasteiger partial charge is 0.132 e. The van der Waals surface area contributed by atoms with Gasteiger partial charge in [0.25, 0.3) is 0 Å². The topological polar surface area (TPSA) is 58.2 Å². The van der Waals surface area contributed by atoms with Gasteiger partial charge in [0.15, 0.2) is 0 Å². The monoisotopic (exact) mass is 210 g/mol. The van der Waals surface area contributed by atoms with E-state index in [1.165, 1.54) is 6.20 Å². The first kappa shape index (κ1) is 13.4. The summed E-state index contributed by atoms with van der Waals surface area (Å²) in [5, 5.41) is 5.90. The lowest BCUT2D eigenvalue weighted by Gasteiger charge is -2.23. The van der Waals surface area contributed by atoms with Crippen LogP contribution < -0.4 is 10.6 Å². The van der Waals surface area contributed by atoms with Crippen LogP contribution in [0.15, 0.2) is 25.6 Å². The van der Waals surface area contributed by atoms with Crippen molar-refractivity contribution in [1.29, 1.82) is 0 Å². The fraction of sp³-hybridized carbons (Fsp3) is 0.455. The molecule has 0 aromatic heterocycles. The summed E-state index contributed by atoms with van der Waals surface area (Å²) in [5.41, 5.74) is 0. The van der Waals surface area contributed by atoms with Crippen LogP contribution in [0.3, 0.4) is 0 Å². The maximum atomic E-state index is 10.6. The number of rotatable bonds is 9. The number of aldehydes is 2. The number of nitrogens with one attached hydrogen (secondary N) is 2. The molecule has 0 aliphatic rings. The molecule has 0 amide bonds. The van der Waals surface area contributed by atoms with Crippen LogP contribution >= 0.6 is 0 Å². The summed E-state index contributed by atoms with van der Waals surface area (Å²) < 4.78 is 0. The summed E-state index contributed by atoms with van der Waals surface area (Å²) in [4.78, 5) is 21.3. The largest absolute Gasteiger partial charge is 0.389 e. The Labute approximate surface area is 90.4 Å². The van der Waals surface area contributed by atoms with Crippen molar-refractivity contribution >= 4 is 12.6 Å². The first-order chi connectivity index (χ1) is 7.19. The second kappa shape index (κ2) is 7.79. The standard InChI is InChI=1S/C11H18N2O2/c1-4-12-9(3)6-11(13-5-2)10(7-14)8-15/h4-5,7-13H,1-2,6H2,3H3. The van der Waals surface area contributed by atoms with Gasteiger partial charge in [0.1, 0.15) is 12.6 Å². The Morgan fingerprint density at radius 3 is 2.07 bits per heavy atom. The molecule has 15 heavy (non-hydrogen) atoms. The van der Waals surface area contributed by atoms with Gasteiger partial charge in [0.05, 0.1) is 5.92 Å². The molecular formula is C11H18N2O2. The molecule has 0 aliphatic heterocycles. The molecule has 0 aromatic rings. The van der Waals surface area contributed by atoms with Crippen LogP contribution in [-0.2, 0) is 9.59 Å². The van der Waals surface area contributed by atoms with Crippen LogP contribution in [0.4, 0.5) is 0 Å². The molecule has 2 atom stereocenters. The Hall–Kier alpha value is -1.58. The zero-order chi connectivity index (χ0) is 11.7. The van der Waals surface area contributed by atoms with E-state index < -0.39 is 5.92 Å². The van der Waals surface area contributed by atoms with Gasteiger partial charge in [-0.2, -0.15) is 0 Å². The lowest BCUT2D eigenvalue weighted by molar-refractivity contribution is -0.120. The van der Waals surface area contributed by atoms with E-state index in [0.717, 1.165) is 0 Å². The average molecular weight is 210 g/mol. The van der Waals surface area contributed by atoms with Gasteiger partial charge in [-0.05, 0) is 25.7 Å². The highest BCUT2D eigenvalue weighted by Crippen LogP contribution is 2.06. The molecular weight excluding hydrogens is 192 g/mol. The van der Waals surface area contributed by atoms with Gasteiger partial charge >= 0.3 is 0 Å². The fourth-order valence-electron chi connectivity index (χ4n) is 1.36. The van der Waals surface area contributed by atoms with Gasteiger partial charge in [-0.3, -0.25) is 0 Å². The highest BCUT2D eigenvalue weighted by molar-refractivity contribution is 5.78. The molecule has 0 rings (SSSR count). The minimum Gasteiger partial charge on any atom is -0.389 e. The second-order valence-electron chi connectivity index (χ2n) is 3.33. The van der Waals surface area contributed by atoms with E-state index in [2.05, 4.69) is 23.8 Å². The fourth-order valence-corrected chi connectivity index (χ4v) is 1.36. The van der Waals surface area contributed by atoms with Crippen molar-refractivity contribution in [2.75, 3.05) is 0 Å². The van der Waals surface area contributed by atoms with E-state index in [9.17, 15) is 9.59 Å². The zero-order valence-corrected chi connectivity index (χ0v) is 8.98. The third-order valence-electron chi connectivity index (χ3n) is 2.12. The minimum atomic E-state index is -0.642. The summed E-state index contributed by atoms with van der Waals surface area (Å²) in [6, 6.07) is -0.0812. The quantitative estimate of drug-likeness (QED) is 0.432. The van der Waals surface area contributed by atoms with Crippen LogP contribution in [0.1, 0.15) is 13.3 Å². The van der Waals surface area contributed by atoms with Crippen molar-refractivity contribution < 1.29 is 9.59 Å². The van der Waals surface area contributed by atoms with Crippen molar-refractivity contribution in [3.8, 4) is 0 Å². The SMILES string of the molecule is C=CNC(C)CC(NC=C)C(C=O)C=O. The van der Waals surface area contributed by atoms with Crippen molar-refractivity contribution in [3.63, 3.8) is 0 Å². The van der Waals surface area contributed by atoms with E-state index in [0.29, 0.717) is 19.0 Å². The molecule has 0 aromatic carbocycles. The van der Waals surface area contributed by atoms with Gasteiger partial charge in [0.2, 0.25) is 0 Å². The third kappa shape index (κ3) is 5.00. The molecule has 0 saturated carbocycles. The van der Waals surface area contributed by atoms with Crippen molar-refractivity contribution in [2.24, 2.45) is 5.92 Å². The summed E-state index contributed by atoms with van der Waals surface area (Å²) in [7, 11) is 0. The summed E-state index contributed by atoms with van der Waals surface area (Å²) in [5.74, 6) is -0.642. The van der Waals surface area contributed by atoms with Gasteiger partial charge in [-0.1, -0.05) is 13.2 Å². The Morgan fingerprint density at radius 2 is 1.67 bits per heavy atom. The van der Waals surface area contributed by atoms with Crippen LogP contribution in [0.25, 0.3) is 0 Å². The third-order valence-corrected chi connectivity index (χ3v) is 2.12. The Bertz CT molecular complexity index is 221. The van der Waals surface area contributed by atoms with E-state index in [1.54, 1.807) is 6.20 Å². The molecule has 2 N–H and O–H groups in total. The predicted molar refractivity (Wildman–Crippen MR) is 60.2 cm³/mol. The second-order valence-corrected chi connectivity index (χ2v) is 3.33. The minimum absolute atomic E-state index is 0.141. The molecule has 0 spiro atoms. The molecule has 0 aliphatic carbocycles. The first-order valence-electron chi connectivity index (χ1n) is 4.84. The average Bonchev–Trinajstić information content (AvgIpc) is 2.20. The number of carbonyl (C=O) groups is 2. The normalized spacial score (nSPS) is 13.7. The van der Waals surface area contributed by atoms with Gasteiger partial charge in [-0.25, -0.2) is 0 Å². The van der Waals surface area contributed by atoms with Gasteiger partial charge in [-0.15, -0.1) is 0 Å². The number of carbonyl (C=O) groups excluding carboxylic acids is 2. The van der Waals surface area contributed by atoms with E-state index in [4.69, 9.17) is 0 Å². The maximum Gasteiger partial charge on any atom is 0.132 e. The van der Waals surface area contributed by atoms with E-state index >= 15 is 0 Å². The molecule has 0 saturated heterocycles. The highest BCUT2D eigenvalue weighted by Gasteiger charge is 2.20. The van der Waals surface area contributed by atoms with Gasteiger partial charge in [0, 0.05) is 12.1 Å². The molecule has 0 radical (unpaired) electrons. The lowest BCUT2D eigenvalue weighted by atomic mass is 9.96. The van der Waals surface area contributed by atoms with Crippen molar-refractivity contribution in [1.82, 2.24) is 10.6 Å². The Morgan fingerprint density at radius 1 is 1.13 bits per heavy atom. The lowest BCUT2D eigenvalue weighted by Crippen LogP contribution is -2.39. The Kier molecular flexibility index (Phi) is 6.97. The summed E-state index contributed by atoms with van der Waals surface area (Å²) in [6.45, 7) is 9.02. The summed E-state index contributed by atoms with van der Waals surface area (Å²) >= 11 is 0. The van der Waals surface area contributed by atoms with E-state index in [-0.39, 0.29) is 12.1 Å². The zero-order valence-electron chi connectivity index (χ0n) is 8.98. The van der Waals surface area contributed by atoms with Gasteiger partial charge < -0.3 is 20.2 Å². The van der Waals surface area contributed by atoms with Crippen LogP contribution in [-0.4, -0.2) is 24.7 Å². The molecule has 4 nitrogen and oxygen atoms in total. The molecule has 0 heterocycles. The van der Waals surface area contributed by atoms with Crippen LogP contribution in [0, 0.1) is 5.92 Å². The number of hydrogen-bond acceptors (Lipinski definition) is 4. The predicted octanol–water partition coefficient (Wildman–Crippen LogP) is 0.614. The number of hydrogen-bond donors (Lipinski definition) is 2. The Balaban J connectivity index is 4.35. The molecule has 0 fully saturated rings. The van der Waals surface area contributed by atoms with Crippen LogP contribution in [0.2, 0.25) is 0 Å². The molecule has 4 heteroatoms. The van der Waals surface area contributed by atoms with Crippen LogP contribution in [0.5, 0.6) is 0 Å². The molecule has 2 unspecified atom stereocenters. The first-order valence-corrected chi connectivity index (χ1v) is 4.84.